The van der Waals surface area contributed by atoms with Crippen LogP contribution in [0.4, 0.5) is 0 Å². The molecule has 72 valence electrons. The minimum atomic E-state index is 0.298. The molecule has 3 heteroatoms. The molecule has 0 fully saturated rings. The summed E-state index contributed by atoms with van der Waals surface area (Å²) in [6.45, 7) is 0.298. The standard InChI is InChI=1S/C11H10O3/c12-9-2-1-7-4-10-11(14-6-13-10)5-8(7)3-9/h4-5H,1-3,6H2. The third kappa shape index (κ3) is 1.09. The molecule has 0 atom stereocenters. The first-order valence-electron chi connectivity index (χ1n) is 4.76. The maximum absolute atomic E-state index is 11.3. The van der Waals surface area contributed by atoms with Crippen molar-refractivity contribution in [2.75, 3.05) is 6.79 Å². The number of rotatable bonds is 0. The van der Waals surface area contributed by atoms with Gasteiger partial charge in [-0.3, -0.25) is 4.79 Å². The van der Waals surface area contributed by atoms with Crippen LogP contribution in [0.1, 0.15) is 17.5 Å². The number of ketones is 1. The summed E-state index contributed by atoms with van der Waals surface area (Å²) in [7, 11) is 0. The van der Waals surface area contributed by atoms with Crippen LogP contribution >= 0.6 is 0 Å². The molecular formula is C11H10O3. The van der Waals surface area contributed by atoms with Crippen molar-refractivity contribution < 1.29 is 14.3 Å². The molecule has 1 aromatic rings. The van der Waals surface area contributed by atoms with E-state index in [1.54, 1.807) is 0 Å². The maximum Gasteiger partial charge on any atom is 0.231 e. The fourth-order valence-corrected chi connectivity index (χ4v) is 2.00. The molecule has 0 saturated carbocycles. The van der Waals surface area contributed by atoms with Gasteiger partial charge in [0.2, 0.25) is 6.79 Å². The van der Waals surface area contributed by atoms with Gasteiger partial charge >= 0.3 is 0 Å². The predicted molar refractivity (Wildman–Crippen MR) is 49.6 cm³/mol. The average Bonchev–Trinajstić information content (AvgIpc) is 2.61. The van der Waals surface area contributed by atoms with Crippen LogP contribution in [0.5, 0.6) is 11.5 Å². The Morgan fingerprint density at radius 2 is 1.71 bits per heavy atom. The normalized spacial score (nSPS) is 18.1. The lowest BCUT2D eigenvalue weighted by atomic mass is 9.90. The molecule has 14 heavy (non-hydrogen) atoms. The van der Waals surface area contributed by atoms with E-state index in [0.717, 1.165) is 23.5 Å². The first-order chi connectivity index (χ1) is 6.83. The van der Waals surface area contributed by atoms with Crippen molar-refractivity contribution in [3.63, 3.8) is 0 Å². The summed E-state index contributed by atoms with van der Waals surface area (Å²) in [5.74, 6) is 1.91. The molecule has 3 nitrogen and oxygen atoms in total. The number of hydrogen-bond acceptors (Lipinski definition) is 3. The van der Waals surface area contributed by atoms with Gasteiger partial charge in [-0.1, -0.05) is 0 Å². The molecule has 0 unspecified atom stereocenters. The van der Waals surface area contributed by atoms with Crippen LogP contribution in [0.2, 0.25) is 0 Å². The number of benzene rings is 1. The minimum absolute atomic E-state index is 0.298. The van der Waals surface area contributed by atoms with Gasteiger partial charge in [0, 0.05) is 12.8 Å². The summed E-state index contributed by atoms with van der Waals surface area (Å²) < 4.78 is 10.6. The van der Waals surface area contributed by atoms with E-state index in [9.17, 15) is 4.79 Å². The van der Waals surface area contributed by atoms with Crippen LogP contribution in [-0.2, 0) is 17.6 Å². The molecule has 0 N–H and O–H groups in total. The van der Waals surface area contributed by atoms with Crippen molar-refractivity contribution in [1.82, 2.24) is 0 Å². The zero-order chi connectivity index (χ0) is 9.54. The second-order valence-electron chi connectivity index (χ2n) is 3.69. The van der Waals surface area contributed by atoms with Crippen LogP contribution in [0, 0.1) is 0 Å². The number of hydrogen-bond donors (Lipinski definition) is 0. The molecule has 1 heterocycles. The molecule has 1 aromatic carbocycles. The van der Waals surface area contributed by atoms with Crippen LogP contribution in [0.3, 0.4) is 0 Å². The maximum atomic E-state index is 11.3. The summed E-state index contributed by atoms with van der Waals surface area (Å²) in [6, 6.07) is 3.94. The Morgan fingerprint density at radius 3 is 2.50 bits per heavy atom. The second-order valence-corrected chi connectivity index (χ2v) is 3.69. The molecule has 1 aliphatic heterocycles. The van der Waals surface area contributed by atoms with Gasteiger partial charge in [-0.2, -0.15) is 0 Å². The van der Waals surface area contributed by atoms with Crippen molar-refractivity contribution in [3.8, 4) is 11.5 Å². The van der Waals surface area contributed by atoms with Crippen LogP contribution < -0.4 is 9.47 Å². The van der Waals surface area contributed by atoms with Crippen molar-refractivity contribution in [1.29, 1.82) is 0 Å². The summed E-state index contributed by atoms with van der Waals surface area (Å²) in [6.07, 6.45) is 2.05. The molecule has 0 aromatic heterocycles. The van der Waals surface area contributed by atoms with Gasteiger partial charge in [-0.05, 0) is 29.7 Å². The Morgan fingerprint density at radius 1 is 1.00 bits per heavy atom. The summed E-state index contributed by atoms with van der Waals surface area (Å²) >= 11 is 0. The van der Waals surface area contributed by atoms with E-state index in [2.05, 4.69) is 0 Å². The fraction of sp³-hybridized carbons (Fsp3) is 0.364. The summed E-state index contributed by atoms with van der Waals surface area (Å²) in [5, 5.41) is 0. The molecule has 0 radical (unpaired) electrons. The molecular weight excluding hydrogens is 180 g/mol. The SMILES string of the molecule is O=C1CCc2cc3c(cc2C1)OCO3. The topological polar surface area (TPSA) is 35.5 Å². The number of Topliss-reactive ketones (excluding diaryl/α,β-unsaturated/α-hetero) is 1. The van der Waals surface area contributed by atoms with Gasteiger partial charge in [-0.15, -0.1) is 0 Å². The van der Waals surface area contributed by atoms with E-state index in [-0.39, 0.29) is 0 Å². The number of fused-ring (bicyclic) bond motifs is 2. The Kier molecular flexibility index (Phi) is 1.54. The highest BCUT2D eigenvalue weighted by Gasteiger charge is 2.21. The van der Waals surface area contributed by atoms with Gasteiger partial charge in [0.25, 0.3) is 0 Å². The predicted octanol–water partition coefficient (Wildman–Crippen LogP) is 1.47. The highest BCUT2D eigenvalue weighted by molar-refractivity contribution is 5.83. The molecule has 0 spiro atoms. The van der Waals surface area contributed by atoms with Gasteiger partial charge in [0.15, 0.2) is 11.5 Å². The minimum Gasteiger partial charge on any atom is -0.454 e. The van der Waals surface area contributed by atoms with Crippen molar-refractivity contribution in [2.24, 2.45) is 0 Å². The lowest BCUT2D eigenvalue weighted by Crippen LogP contribution is -2.12. The molecule has 1 aliphatic carbocycles. The van der Waals surface area contributed by atoms with Gasteiger partial charge < -0.3 is 9.47 Å². The number of carbonyl (C=O) groups is 1. The van der Waals surface area contributed by atoms with E-state index < -0.39 is 0 Å². The third-order valence-electron chi connectivity index (χ3n) is 2.76. The van der Waals surface area contributed by atoms with Gasteiger partial charge in [-0.25, -0.2) is 0 Å². The summed E-state index contributed by atoms with van der Waals surface area (Å²) in [4.78, 5) is 11.3. The van der Waals surface area contributed by atoms with Gasteiger partial charge in [0.1, 0.15) is 5.78 Å². The lowest BCUT2D eigenvalue weighted by molar-refractivity contribution is -0.118. The van der Waals surface area contributed by atoms with Gasteiger partial charge in [0.05, 0.1) is 0 Å². The van der Waals surface area contributed by atoms with Crippen LogP contribution in [-0.4, -0.2) is 12.6 Å². The van der Waals surface area contributed by atoms with Crippen molar-refractivity contribution in [3.05, 3.63) is 23.3 Å². The lowest BCUT2D eigenvalue weighted by Gasteiger charge is -2.14. The van der Waals surface area contributed by atoms with E-state index in [4.69, 9.17) is 9.47 Å². The fourth-order valence-electron chi connectivity index (χ4n) is 2.00. The Balaban J connectivity index is 2.10. The molecule has 0 amide bonds. The molecule has 3 rings (SSSR count). The zero-order valence-electron chi connectivity index (χ0n) is 7.71. The Labute approximate surface area is 81.6 Å². The number of aryl methyl sites for hydroxylation is 1. The van der Waals surface area contributed by atoms with E-state index >= 15 is 0 Å². The highest BCUT2D eigenvalue weighted by Crippen LogP contribution is 2.36. The third-order valence-corrected chi connectivity index (χ3v) is 2.76. The molecule has 0 bridgehead atoms. The van der Waals surface area contributed by atoms with Crippen molar-refractivity contribution in [2.45, 2.75) is 19.3 Å². The number of ether oxygens (including phenoxy) is 2. The first kappa shape index (κ1) is 7.85. The van der Waals surface area contributed by atoms with Crippen molar-refractivity contribution >= 4 is 5.78 Å². The van der Waals surface area contributed by atoms with E-state index in [1.165, 1.54) is 5.56 Å². The van der Waals surface area contributed by atoms with E-state index in [0.29, 0.717) is 25.4 Å². The van der Waals surface area contributed by atoms with Crippen LogP contribution in [0.25, 0.3) is 0 Å². The first-order valence-corrected chi connectivity index (χ1v) is 4.76. The molecule has 2 aliphatic rings. The monoisotopic (exact) mass is 190 g/mol. The Bertz CT molecular complexity index is 409. The Hall–Kier alpha value is -1.51. The summed E-state index contributed by atoms with van der Waals surface area (Å²) in [5.41, 5.74) is 2.33. The van der Waals surface area contributed by atoms with Crippen LogP contribution in [0.15, 0.2) is 12.1 Å². The molecule has 0 saturated heterocycles. The smallest absolute Gasteiger partial charge is 0.231 e. The highest BCUT2D eigenvalue weighted by atomic mass is 16.7. The second kappa shape index (κ2) is 2.74. The van der Waals surface area contributed by atoms with E-state index in [1.807, 2.05) is 12.1 Å². The average molecular weight is 190 g/mol. The quantitative estimate of drug-likeness (QED) is 0.621. The zero-order valence-corrected chi connectivity index (χ0v) is 7.71. The number of carbonyl (C=O) groups excluding carboxylic acids is 1. The largest absolute Gasteiger partial charge is 0.454 e.